The molecule has 0 atom stereocenters. The number of carboxylic acids is 1. The largest absolute Gasteiger partial charge is 0.481 e. The minimum atomic E-state index is -3.29. The highest BCUT2D eigenvalue weighted by molar-refractivity contribution is 7.57. The Balaban J connectivity index is 3.90. The summed E-state index contributed by atoms with van der Waals surface area (Å²) in [6.07, 6.45) is 45.3. The Morgan fingerprint density at radius 1 is 0.458 bits per heavy atom. The maximum absolute atomic E-state index is 13.4. The Bertz CT molecular complexity index is 683. The van der Waals surface area contributed by atoms with Gasteiger partial charge in [-0.05, 0) is 25.7 Å². The van der Waals surface area contributed by atoms with Crippen LogP contribution < -0.4 is 0 Å². The minimum absolute atomic E-state index is 0.120. The Labute approximate surface area is 300 Å². The lowest BCUT2D eigenvalue weighted by atomic mass is 10.0. The van der Waals surface area contributed by atoms with Crippen molar-refractivity contribution >= 4 is 13.6 Å². The van der Waals surface area contributed by atoms with E-state index in [1.54, 1.807) is 11.9 Å². The molecule has 0 rings (SSSR count). The lowest BCUT2D eigenvalue weighted by molar-refractivity contribution is -0.137. The van der Waals surface area contributed by atoms with Crippen molar-refractivity contribution in [3.05, 3.63) is 11.9 Å². The highest BCUT2D eigenvalue weighted by Crippen LogP contribution is 2.50. The molecule has 0 aliphatic rings. The van der Waals surface area contributed by atoms with Crippen LogP contribution in [0.15, 0.2) is 11.9 Å². The molecule has 0 fully saturated rings. The van der Waals surface area contributed by atoms with Gasteiger partial charge in [-0.25, -0.2) is 0 Å². The van der Waals surface area contributed by atoms with Crippen LogP contribution >= 0.6 is 7.60 Å². The molecule has 0 aromatic heterocycles. The third-order valence-electron chi connectivity index (χ3n) is 9.59. The van der Waals surface area contributed by atoms with Crippen LogP contribution in [0.2, 0.25) is 0 Å². The van der Waals surface area contributed by atoms with E-state index in [2.05, 4.69) is 13.8 Å². The first kappa shape index (κ1) is 47.4. The van der Waals surface area contributed by atoms with Gasteiger partial charge in [-0.1, -0.05) is 213 Å². The predicted molar refractivity (Wildman–Crippen MR) is 209 cm³/mol. The number of carboxylic acid groups (broad SMARTS) is 1. The van der Waals surface area contributed by atoms with Gasteiger partial charge in [-0.3, -0.25) is 9.36 Å². The van der Waals surface area contributed by atoms with Crippen molar-refractivity contribution in [2.75, 3.05) is 13.2 Å². The molecule has 0 heterocycles. The molecule has 0 spiro atoms. The molecule has 6 heteroatoms. The molecule has 0 amide bonds. The second kappa shape index (κ2) is 39.2. The Hall–Kier alpha value is -0.640. The third kappa shape index (κ3) is 38.2. The van der Waals surface area contributed by atoms with Crippen molar-refractivity contribution in [3.8, 4) is 0 Å². The predicted octanol–water partition coefficient (Wildman–Crippen LogP) is 15.5. The zero-order valence-electron chi connectivity index (χ0n) is 32.3. The van der Waals surface area contributed by atoms with Crippen LogP contribution in [0.1, 0.15) is 239 Å². The first-order chi connectivity index (χ1) is 23.5. The fourth-order valence-corrected chi connectivity index (χ4v) is 7.80. The van der Waals surface area contributed by atoms with Crippen LogP contribution in [-0.2, 0) is 18.4 Å². The van der Waals surface area contributed by atoms with Gasteiger partial charge in [0.1, 0.15) is 0 Å². The number of aliphatic carboxylic acids is 1. The number of allylic oxidation sites excluding steroid dienone is 1. The quantitative estimate of drug-likeness (QED) is 0.0508. The van der Waals surface area contributed by atoms with E-state index in [4.69, 9.17) is 14.2 Å². The molecule has 48 heavy (non-hydrogen) atoms. The first-order valence-electron chi connectivity index (χ1n) is 21.3. The van der Waals surface area contributed by atoms with E-state index < -0.39 is 13.6 Å². The molecule has 5 nitrogen and oxygen atoms in total. The molecule has 0 radical (unpaired) electrons. The summed E-state index contributed by atoms with van der Waals surface area (Å²) in [5.74, 6) is 0.777. The SMILES string of the molecule is CCCCCCCCCCCCCCCCCCOP(=O)(C=CCCCC(=O)O)OCCCCCCCCCCCCCCCCCC. The third-order valence-corrected chi connectivity index (χ3v) is 11.2. The number of carbonyl (C=O) groups is 1. The van der Waals surface area contributed by atoms with Crippen LogP contribution in [0, 0.1) is 0 Å². The number of hydrogen-bond donors (Lipinski definition) is 1. The lowest BCUT2D eigenvalue weighted by Gasteiger charge is -2.15. The second-order valence-corrected chi connectivity index (χ2v) is 16.4. The van der Waals surface area contributed by atoms with E-state index in [9.17, 15) is 9.36 Å². The van der Waals surface area contributed by atoms with Gasteiger partial charge in [-0.15, -0.1) is 0 Å². The number of rotatable bonds is 41. The van der Waals surface area contributed by atoms with Crippen LogP contribution in [0.25, 0.3) is 0 Å². The Morgan fingerprint density at radius 3 is 1.00 bits per heavy atom. The summed E-state index contributed by atoms with van der Waals surface area (Å²) in [6.45, 7) is 5.47. The van der Waals surface area contributed by atoms with Crippen molar-refractivity contribution in [2.45, 2.75) is 239 Å². The summed E-state index contributed by atoms with van der Waals surface area (Å²) in [5.41, 5.74) is 0. The molecule has 0 aromatic carbocycles. The summed E-state index contributed by atoms with van der Waals surface area (Å²) in [7, 11) is -3.29. The normalized spacial score (nSPS) is 12.0. The average Bonchev–Trinajstić information content (AvgIpc) is 3.07. The molecule has 0 bridgehead atoms. The van der Waals surface area contributed by atoms with Gasteiger partial charge in [0, 0.05) is 12.2 Å². The minimum Gasteiger partial charge on any atom is -0.481 e. The topological polar surface area (TPSA) is 72.8 Å². The van der Waals surface area contributed by atoms with Crippen LogP contribution in [0.5, 0.6) is 0 Å². The maximum Gasteiger partial charge on any atom is 0.353 e. The van der Waals surface area contributed by atoms with Gasteiger partial charge in [0.05, 0.1) is 13.2 Å². The van der Waals surface area contributed by atoms with E-state index in [0.29, 0.717) is 26.1 Å². The van der Waals surface area contributed by atoms with E-state index in [-0.39, 0.29) is 6.42 Å². The van der Waals surface area contributed by atoms with Gasteiger partial charge >= 0.3 is 13.6 Å². The van der Waals surface area contributed by atoms with E-state index in [0.717, 1.165) is 25.7 Å². The van der Waals surface area contributed by atoms with E-state index >= 15 is 0 Å². The Kier molecular flexibility index (Phi) is 38.6. The van der Waals surface area contributed by atoms with Gasteiger partial charge < -0.3 is 14.2 Å². The maximum atomic E-state index is 13.4. The molecule has 286 valence electrons. The molecule has 0 saturated carbocycles. The van der Waals surface area contributed by atoms with Gasteiger partial charge in [0.2, 0.25) is 0 Å². The second-order valence-electron chi connectivity index (χ2n) is 14.5. The van der Waals surface area contributed by atoms with Crippen molar-refractivity contribution < 1.29 is 23.5 Å². The molecule has 1 N–H and O–H groups in total. The van der Waals surface area contributed by atoms with Gasteiger partial charge in [0.15, 0.2) is 0 Å². The first-order valence-corrected chi connectivity index (χ1v) is 22.9. The summed E-state index contributed by atoms with van der Waals surface area (Å²) in [6, 6.07) is 0. The number of hydrogen-bond acceptors (Lipinski definition) is 4. The monoisotopic (exact) mass is 699 g/mol. The molecule has 0 saturated heterocycles. The summed E-state index contributed by atoms with van der Waals surface area (Å²) in [4.78, 5) is 10.8. The van der Waals surface area contributed by atoms with Crippen LogP contribution in [0.4, 0.5) is 0 Å². The van der Waals surface area contributed by atoms with Gasteiger partial charge in [-0.2, -0.15) is 0 Å². The smallest absolute Gasteiger partial charge is 0.353 e. The van der Waals surface area contributed by atoms with Crippen molar-refractivity contribution in [1.29, 1.82) is 0 Å². The summed E-state index contributed by atoms with van der Waals surface area (Å²) < 4.78 is 25.1. The van der Waals surface area contributed by atoms with Crippen LogP contribution in [-0.4, -0.2) is 24.3 Å². The fraction of sp³-hybridized carbons (Fsp3) is 0.929. The number of unbranched alkanes of at least 4 members (excludes halogenated alkanes) is 31. The lowest BCUT2D eigenvalue weighted by Crippen LogP contribution is -1.98. The standard InChI is InChI=1S/C42H83O5P/c1-3-5-7-9-11-13-15-17-19-21-23-25-27-29-31-35-39-46-48(45,41-37-33-34-38-42(43)44)47-40-36-32-30-28-26-24-22-20-18-16-14-12-10-8-6-4-2/h37,41H,3-36,38-40H2,1-2H3,(H,43,44). The highest BCUT2D eigenvalue weighted by atomic mass is 31.2. The molecule has 0 aromatic rings. The molecule has 0 aliphatic carbocycles. The van der Waals surface area contributed by atoms with Crippen molar-refractivity contribution in [2.24, 2.45) is 0 Å². The van der Waals surface area contributed by atoms with E-state index in [1.807, 2.05) is 0 Å². The molecule has 0 aliphatic heterocycles. The average molecular weight is 699 g/mol. The summed E-state index contributed by atoms with van der Waals surface area (Å²) >= 11 is 0. The zero-order chi connectivity index (χ0) is 35.1. The van der Waals surface area contributed by atoms with Crippen molar-refractivity contribution in [1.82, 2.24) is 0 Å². The zero-order valence-corrected chi connectivity index (χ0v) is 33.2. The van der Waals surface area contributed by atoms with E-state index in [1.165, 1.54) is 180 Å². The highest BCUT2D eigenvalue weighted by Gasteiger charge is 2.20. The molecule has 0 unspecified atom stereocenters. The van der Waals surface area contributed by atoms with Gasteiger partial charge in [0.25, 0.3) is 0 Å². The van der Waals surface area contributed by atoms with Crippen molar-refractivity contribution in [3.63, 3.8) is 0 Å². The summed E-state index contributed by atoms with van der Waals surface area (Å²) in [5, 5.41) is 8.87. The van der Waals surface area contributed by atoms with Crippen LogP contribution in [0.3, 0.4) is 0 Å². The molecular formula is C42H83O5P. The fourth-order valence-electron chi connectivity index (χ4n) is 6.38. The Morgan fingerprint density at radius 2 is 0.729 bits per heavy atom. The molecular weight excluding hydrogens is 615 g/mol.